The van der Waals surface area contributed by atoms with Crippen LogP contribution in [0, 0.1) is 10.1 Å². The summed E-state index contributed by atoms with van der Waals surface area (Å²) < 4.78 is 4.52. The average Bonchev–Trinajstić information content (AvgIpc) is 2.46. The van der Waals surface area contributed by atoms with Gasteiger partial charge >= 0.3 is 11.7 Å². The largest absolute Gasteiger partial charge is 0.465 e. The Morgan fingerprint density at radius 2 is 2.20 bits per heavy atom. The van der Waals surface area contributed by atoms with Crippen LogP contribution in [0.25, 0.3) is 0 Å². The molecule has 1 aliphatic rings. The van der Waals surface area contributed by atoms with Gasteiger partial charge in [0.1, 0.15) is 0 Å². The van der Waals surface area contributed by atoms with Gasteiger partial charge in [0.05, 0.1) is 23.7 Å². The number of ether oxygens (including phenoxy) is 1. The van der Waals surface area contributed by atoms with E-state index in [-0.39, 0.29) is 23.2 Å². The molecule has 0 bridgehead atoms. The van der Waals surface area contributed by atoms with E-state index in [4.69, 9.17) is 0 Å². The van der Waals surface area contributed by atoms with Crippen LogP contribution in [-0.4, -0.2) is 47.3 Å². The van der Waals surface area contributed by atoms with E-state index in [0.717, 1.165) is 0 Å². The summed E-state index contributed by atoms with van der Waals surface area (Å²) >= 11 is 0. The molecule has 1 fully saturated rings. The normalized spacial score (nSPS) is 16.0. The second kappa shape index (κ2) is 5.83. The first-order valence-corrected chi connectivity index (χ1v) is 6.18. The molecular weight excluding hydrogens is 266 g/mol. The summed E-state index contributed by atoms with van der Waals surface area (Å²) in [4.78, 5) is 27.7. The first-order valence-electron chi connectivity index (χ1n) is 6.18. The molecule has 0 aromatic carbocycles. The van der Waals surface area contributed by atoms with Crippen molar-refractivity contribution in [1.29, 1.82) is 0 Å². The zero-order chi connectivity index (χ0) is 14.7. The number of aliphatic hydroxyl groups excluding tert-OH is 1. The van der Waals surface area contributed by atoms with Crippen molar-refractivity contribution in [2.24, 2.45) is 0 Å². The van der Waals surface area contributed by atoms with Gasteiger partial charge in [-0.2, -0.15) is 0 Å². The van der Waals surface area contributed by atoms with Crippen LogP contribution in [0.5, 0.6) is 0 Å². The summed E-state index contributed by atoms with van der Waals surface area (Å²) in [6.45, 7) is 0.985. The Morgan fingerprint density at radius 3 is 2.75 bits per heavy atom. The van der Waals surface area contributed by atoms with E-state index in [9.17, 15) is 20.0 Å². The molecule has 1 aliphatic heterocycles. The Morgan fingerprint density at radius 1 is 1.55 bits per heavy atom. The van der Waals surface area contributed by atoms with Gasteiger partial charge in [-0.15, -0.1) is 0 Å². The molecule has 2 heterocycles. The monoisotopic (exact) mass is 281 g/mol. The van der Waals surface area contributed by atoms with E-state index in [0.29, 0.717) is 25.9 Å². The number of pyridine rings is 1. The molecule has 1 aromatic heterocycles. The number of anilines is 1. The predicted octanol–water partition coefficient (Wildman–Crippen LogP) is 0.738. The lowest BCUT2D eigenvalue weighted by atomic mass is 10.1. The Balaban J connectivity index is 2.33. The maximum absolute atomic E-state index is 11.4. The van der Waals surface area contributed by atoms with Gasteiger partial charge in [0.15, 0.2) is 0 Å². The molecule has 1 aromatic rings. The number of aliphatic hydroxyl groups is 1. The van der Waals surface area contributed by atoms with Crippen molar-refractivity contribution < 1.29 is 19.6 Å². The van der Waals surface area contributed by atoms with E-state index in [2.05, 4.69) is 9.72 Å². The van der Waals surface area contributed by atoms with Crippen molar-refractivity contribution >= 4 is 17.5 Å². The first-order chi connectivity index (χ1) is 9.52. The van der Waals surface area contributed by atoms with Crippen molar-refractivity contribution in [3.05, 3.63) is 27.9 Å². The van der Waals surface area contributed by atoms with Crippen LogP contribution in [0.2, 0.25) is 0 Å². The topological polar surface area (TPSA) is 106 Å². The lowest BCUT2D eigenvalue weighted by Gasteiger charge is -2.30. The maximum Gasteiger partial charge on any atom is 0.339 e. The number of piperidine rings is 1. The quantitative estimate of drug-likeness (QED) is 0.494. The van der Waals surface area contributed by atoms with Gasteiger partial charge in [0.2, 0.25) is 5.82 Å². The van der Waals surface area contributed by atoms with Crippen molar-refractivity contribution in [3.63, 3.8) is 0 Å². The lowest BCUT2D eigenvalue weighted by Crippen LogP contribution is -2.36. The lowest BCUT2D eigenvalue weighted by molar-refractivity contribution is -0.384. The summed E-state index contributed by atoms with van der Waals surface area (Å²) in [7, 11) is 1.20. The van der Waals surface area contributed by atoms with E-state index < -0.39 is 10.9 Å². The van der Waals surface area contributed by atoms with Crippen molar-refractivity contribution in [2.45, 2.75) is 18.9 Å². The van der Waals surface area contributed by atoms with E-state index in [1.165, 1.54) is 19.4 Å². The Labute approximate surface area is 115 Å². The third-order valence-corrected chi connectivity index (χ3v) is 3.23. The number of rotatable bonds is 3. The van der Waals surface area contributed by atoms with Crippen molar-refractivity contribution in [3.8, 4) is 0 Å². The standard InChI is InChI=1S/C12H15N3O5/c1-20-12(17)8-6-10(15(18)19)11(13-7-8)14-4-2-9(16)3-5-14/h6-7,9,16H,2-5H2,1H3. The Bertz CT molecular complexity index is 526. The number of hydrogen-bond donors (Lipinski definition) is 1. The fraction of sp³-hybridized carbons (Fsp3) is 0.500. The van der Waals surface area contributed by atoms with Crippen LogP contribution >= 0.6 is 0 Å². The second-order valence-corrected chi connectivity index (χ2v) is 4.53. The van der Waals surface area contributed by atoms with Crippen LogP contribution in [0.1, 0.15) is 23.2 Å². The highest BCUT2D eigenvalue weighted by Gasteiger charge is 2.26. The van der Waals surface area contributed by atoms with Gasteiger partial charge in [0, 0.05) is 25.4 Å². The molecule has 1 saturated heterocycles. The average molecular weight is 281 g/mol. The van der Waals surface area contributed by atoms with E-state index in [1.54, 1.807) is 4.90 Å². The SMILES string of the molecule is COC(=O)c1cnc(N2CCC(O)CC2)c([N+](=O)[O-])c1. The molecule has 0 spiro atoms. The summed E-state index contributed by atoms with van der Waals surface area (Å²) in [6.07, 6.45) is 1.97. The summed E-state index contributed by atoms with van der Waals surface area (Å²) in [5, 5.41) is 20.6. The van der Waals surface area contributed by atoms with Gasteiger partial charge in [0.25, 0.3) is 0 Å². The predicted molar refractivity (Wildman–Crippen MR) is 69.7 cm³/mol. The fourth-order valence-electron chi connectivity index (χ4n) is 2.13. The summed E-state index contributed by atoms with van der Waals surface area (Å²) in [6, 6.07) is 1.17. The first kappa shape index (κ1) is 14.2. The van der Waals surface area contributed by atoms with Gasteiger partial charge < -0.3 is 14.7 Å². The van der Waals surface area contributed by atoms with Crippen LogP contribution in [-0.2, 0) is 4.74 Å². The molecule has 20 heavy (non-hydrogen) atoms. The number of methoxy groups -OCH3 is 1. The molecule has 0 aliphatic carbocycles. The molecule has 8 nitrogen and oxygen atoms in total. The van der Waals surface area contributed by atoms with Gasteiger partial charge in [-0.05, 0) is 12.8 Å². The molecule has 0 saturated carbocycles. The minimum Gasteiger partial charge on any atom is -0.465 e. The number of nitrogens with zero attached hydrogens (tertiary/aromatic N) is 3. The second-order valence-electron chi connectivity index (χ2n) is 4.53. The molecule has 108 valence electrons. The highest BCUT2D eigenvalue weighted by Crippen LogP contribution is 2.29. The molecule has 1 N–H and O–H groups in total. The van der Waals surface area contributed by atoms with Crippen molar-refractivity contribution in [2.75, 3.05) is 25.1 Å². The molecular formula is C12H15N3O5. The van der Waals surface area contributed by atoms with Gasteiger partial charge in [-0.3, -0.25) is 10.1 Å². The van der Waals surface area contributed by atoms with Crippen LogP contribution in [0.4, 0.5) is 11.5 Å². The highest BCUT2D eigenvalue weighted by atomic mass is 16.6. The molecule has 0 unspecified atom stereocenters. The summed E-state index contributed by atoms with van der Waals surface area (Å²) in [5.74, 6) is -0.448. The number of hydrogen-bond acceptors (Lipinski definition) is 7. The zero-order valence-electron chi connectivity index (χ0n) is 11.0. The minimum atomic E-state index is -0.666. The van der Waals surface area contributed by atoms with E-state index in [1.807, 2.05) is 0 Å². The molecule has 0 atom stereocenters. The third-order valence-electron chi connectivity index (χ3n) is 3.23. The number of nitro groups is 1. The van der Waals surface area contributed by atoms with Gasteiger partial charge in [-0.25, -0.2) is 9.78 Å². The third kappa shape index (κ3) is 2.85. The number of esters is 1. The minimum absolute atomic E-state index is 0.0417. The molecule has 0 amide bonds. The van der Waals surface area contributed by atoms with Crippen LogP contribution in [0.3, 0.4) is 0 Å². The van der Waals surface area contributed by atoms with Crippen LogP contribution in [0.15, 0.2) is 12.3 Å². The Kier molecular flexibility index (Phi) is 4.14. The van der Waals surface area contributed by atoms with Crippen molar-refractivity contribution in [1.82, 2.24) is 4.98 Å². The number of aromatic nitrogens is 1. The highest BCUT2D eigenvalue weighted by molar-refractivity contribution is 5.90. The smallest absolute Gasteiger partial charge is 0.339 e. The molecule has 2 rings (SSSR count). The molecule has 8 heteroatoms. The molecule has 0 radical (unpaired) electrons. The Hall–Kier alpha value is -2.22. The van der Waals surface area contributed by atoms with Crippen LogP contribution < -0.4 is 4.90 Å². The maximum atomic E-state index is 11.4. The zero-order valence-corrected chi connectivity index (χ0v) is 11.0. The number of carbonyl (C=O) groups is 1. The van der Waals surface area contributed by atoms with E-state index >= 15 is 0 Å². The fourth-order valence-corrected chi connectivity index (χ4v) is 2.13. The van der Waals surface area contributed by atoms with Gasteiger partial charge in [-0.1, -0.05) is 0 Å². The summed E-state index contributed by atoms with van der Waals surface area (Å²) in [5.41, 5.74) is -0.190. The number of carbonyl (C=O) groups excluding carboxylic acids is 1.